The zero-order valence-electron chi connectivity index (χ0n) is 6.74. The van der Waals surface area contributed by atoms with Gasteiger partial charge in [-0.15, -0.1) is 11.8 Å². The number of amides is 1. The molecule has 0 rings (SSSR count). The van der Waals surface area contributed by atoms with Crippen molar-refractivity contribution in [2.45, 2.75) is 13.0 Å². The molecule has 0 unspecified atom stereocenters. The van der Waals surface area contributed by atoms with Gasteiger partial charge in [0.1, 0.15) is 6.04 Å². The number of carboxylic acid groups (broad SMARTS) is 1. The predicted molar refractivity (Wildman–Crippen MR) is 46.8 cm³/mol. The normalized spacial score (nSPS) is 12.2. The van der Waals surface area contributed by atoms with Crippen LogP contribution in [-0.4, -0.2) is 34.7 Å². The van der Waals surface area contributed by atoms with Gasteiger partial charge in [-0.05, 0) is 0 Å². The van der Waals surface area contributed by atoms with Gasteiger partial charge in [0.15, 0.2) is 0 Å². The summed E-state index contributed by atoms with van der Waals surface area (Å²) < 4.78 is 0. The number of hydrogen-bond acceptors (Lipinski definition) is 4. The van der Waals surface area contributed by atoms with Gasteiger partial charge < -0.3 is 16.2 Å². The van der Waals surface area contributed by atoms with Crippen LogP contribution in [0.25, 0.3) is 0 Å². The summed E-state index contributed by atoms with van der Waals surface area (Å²) in [6.45, 7) is 1.40. The van der Waals surface area contributed by atoms with Crippen LogP contribution in [0.3, 0.4) is 0 Å². The highest BCUT2D eigenvalue weighted by Crippen LogP contribution is 1.98. The van der Waals surface area contributed by atoms with Gasteiger partial charge in [-0.3, -0.25) is 9.59 Å². The second-order valence-electron chi connectivity index (χ2n) is 2.19. The molecule has 0 saturated heterocycles. The van der Waals surface area contributed by atoms with E-state index >= 15 is 0 Å². The molecule has 0 fully saturated rings. The third kappa shape index (κ3) is 5.99. The Morgan fingerprint density at radius 2 is 2.25 bits per heavy atom. The number of nitrogens with one attached hydrogen (secondary N) is 1. The molecule has 0 bridgehead atoms. The van der Waals surface area contributed by atoms with Gasteiger partial charge in [-0.25, -0.2) is 0 Å². The molecule has 0 aliphatic carbocycles. The quantitative estimate of drug-likeness (QED) is 0.393. The average molecular weight is 192 g/mol. The molecule has 6 heteroatoms. The van der Waals surface area contributed by atoms with Crippen molar-refractivity contribution in [2.75, 3.05) is 11.6 Å². The Kier molecular flexibility index (Phi) is 5.48. The highest BCUT2D eigenvalue weighted by atomic mass is 32.2. The van der Waals surface area contributed by atoms with E-state index < -0.39 is 12.0 Å². The monoisotopic (exact) mass is 192 g/mol. The van der Waals surface area contributed by atoms with Gasteiger partial charge in [0.2, 0.25) is 5.91 Å². The molecule has 0 saturated carbocycles. The van der Waals surface area contributed by atoms with Crippen molar-refractivity contribution in [1.82, 2.24) is 5.32 Å². The number of nitrogens with two attached hydrogens (primary N) is 1. The Bertz CT molecular complexity index is 174. The summed E-state index contributed by atoms with van der Waals surface area (Å²) in [4.78, 5) is 20.6. The fourth-order valence-corrected chi connectivity index (χ4v) is 1.23. The van der Waals surface area contributed by atoms with Crippen LogP contribution in [0.15, 0.2) is 0 Å². The molecule has 0 aromatic carbocycles. The van der Waals surface area contributed by atoms with Crippen LogP contribution < -0.4 is 11.1 Å². The molecule has 5 nitrogen and oxygen atoms in total. The van der Waals surface area contributed by atoms with E-state index in [4.69, 9.17) is 10.8 Å². The molecule has 0 spiro atoms. The van der Waals surface area contributed by atoms with Gasteiger partial charge in [0.05, 0.1) is 5.88 Å². The van der Waals surface area contributed by atoms with E-state index in [1.165, 1.54) is 18.7 Å². The first-order valence-electron chi connectivity index (χ1n) is 3.34. The van der Waals surface area contributed by atoms with Gasteiger partial charge in [0.25, 0.3) is 0 Å². The molecule has 1 amide bonds. The Morgan fingerprint density at radius 3 is 2.67 bits per heavy atom. The Balaban J connectivity index is 3.31. The number of hydrogen-bond donors (Lipinski definition) is 3. The minimum Gasteiger partial charge on any atom is -0.480 e. The number of thioether (sulfide) groups is 1. The van der Waals surface area contributed by atoms with Crippen molar-refractivity contribution in [2.24, 2.45) is 5.73 Å². The molecule has 0 radical (unpaired) electrons. The summed E-state index contributed by atoms with van der Waals surface area (Å²) in [6.07, 6.45) is 0. The number of carbonyl (C=O) groups excluding carboxylic acids is 1. The third-order valence-electron chi connectivity index (χ3n) is 1.04. The lowest BCUT2D eigenvalue weighted by Crippen LogP contribution is -2.33. The fourth-order valence-electron chi connectivity index (χ4n) is 0.410. The fraction of sp³-hybridized carbons (Fsp3) is 0.667. The molecule has 0 aromatic heterocycles. The van der Waals surface area contributed by atoms with E-state index in [0.29, 0.717) is 11.6 Å². The highest BCUT2D eigenvalue weighted by Gasteiger charge is 2.10. The summed E-state index contributed by atoms with van der Waals surface area (Å²) in [6, 6.07) is -0.858. The molecule has 12 heavy (non-hydrogen) atoms. The van der Waals surface area contributed by atoms with E-state index in [0.717, 1.165) is 0 Å². The van der Waals surface area contributed by atoms with E-state index in [9.17, 15) is 9.59 Å². The number of rotatable bonds is 5. The van der Waals surface area contributed by atoms with Crippen LogP contribution >= 0.6 is 11.8 Å². The Labute approximate surface area is 74.7 Å². The van der Waals surface area contributed by atoms with Gasteiger partial charge in [-0.2, -0.15) is 0 Å². The van der Waals surface area contributed by atoms with E-state index in [-0.39, 0.29) is 5.91 Å². The van der Waals surface area contributed by atoms with Crippen molar-refractivity contribution < 1.29 is 14.7 Å². The third-order valence-corrected chi connectivity index (χ3v) is 1.98. The lowest BCUT2D eigenvalue weighted by molar-refractivity contribution is -0.137. The van der Waals surface area contributed by atoms with Crippen molar-refractivity contribution in [3.8, 4) is 0 Å². The van der Waals surface area contributed by atoms with Crippen LogP contribution in [0.4, 0.5) is 0 Å². The lowest BCUT2D eigenvalue weighted by atomic mass is 10.4. The molecule has 0 heterocycles. The van der Waals surface area contributed by atoms with Crippen LogP contribution in [0, 0.1) is 0 Å². The summed E-state index contributed by atoms with van der Waals surface area (Å²) in [5.41, 5.74) is 5.20. The van der Waals surface area contributed by atoms with Crippen molar-refractivity contribution >= 4 is 23.6 Å². The van der Waals surface area contributed by atoms with Crippen LogP contribution in [0.2, 0.25) is 0 Å². The first-order chi connectivity index (χ1) is 5.54. The standard InChI is InChI=1S/C6H12N2O3S/c1-4(9)8-3-12-2-5(7)6(10)11/h5H,2-3,7H2,1H3,(H,8,9)(H,10,11)/t5-/m1/s1. The second kappa shape index (κ2) is 5.84. The zero-order chi connectivity index (χ0) is 9.56. The smallest absolute Gasteiger partial charge is 0.321 e. The van der Waals surface area contributed by atoms with Crippen molar-refractivity contribution in [3.05, 3.63) is 0 Å². The van der Waals surface area contributed by atoms with Crippen molar-refractivity contribution in [1.29, 1.82) is 0 Å². The van der Waals surface area contributed by atoms with E-state index in [2.05, 4.69) is 5.32 Å². The molecular formula is C6H12N2O3S. The summed E-state index contributed by atoms with van der Waals surface area (Å²) >= 11 is 1.28. The first-order valence-corrected chi connectivity index (χ1v) is 4.50. The summed E-state index contributed by atoms with van der Waals surface area (Å²) in [5.74, 6) is -0.455. The Hall–Kier alpha value is -0.750. The van der Waals surface area contributed by atoms with Crippen LogP contribution in [-0.2, 0) is 9.59 Å². The number of carboxylic acids is 1. The average Bonchev–Trinajstić information content (AvgIpc) is 1.97. The van der Waals surface area contributed by atoms with E-state index in [1.54, 1.807) is 0 Å². The molecule has 4 N–H and O–H groups in total. The second-order valence-corrected chi connectivity index (χ2v) is 3.22. The first kappa shape index (κ1) is 11.2. The highest BCUT2D eigenvalue weighted by molar-refractivity contribution is 7.99. The Morgan fingerprint density at radius 1 is 1.67 bits per heavy atom. The maximum absolute atomic E-state index is 10.4. The van der Waals surface area contributed by atoms with Gasteiger partial charge >= 0.3 is 5.97 Å². The van der Waals surface area contributed by atoms with Crippen molar-refractivity contribution in [3.63, 3.8) is 0 Å². The topological polar surface area (TPSA) is 92.4 Å². The SMILES string of the molecule is CC(=O)NCSC[C@@H](N)C(=O)O. The summed E-state index contributed by atoms with van der Waals surface area (Å²) in [5, 5.41) is 10.9. The molecule has 1 atom stereocenters. The molecule has 0 aliphatic rings. The zero-order valence-corrected chi connectivity index (χ0v) is 7.56. The van der Waals surface area contributed by atoms with Gasteiger partial charge in [0, 0.05) is 12.7 Å². The lowest BCUT2D eigenvalue weighted by Gasteiger charge is -2.05. The maximum atomic E-state index is 10.4. The minimum absolute atomic E-state index is 0.133. The van der Waals surface area contributed by atoms with Crippen LogP contribution in [0.5, 0.6) is 0 Å². The molecular weight excluding hydrogens is 180 g/mol. The molecule has 0 aromatic rings. The molecule has 0 aliphatic heterocycles. The summed E-state index contributed by atoms with van der Waals surface area (Å²) in [7, 11) is 0. The van der Waals surface area contributed by atoms with Gasteiger partial charge in [-0.1, -0.05) is 0 Å². The molecule has 70 valence electrons. The minimum atomic E-state index is -1.02. The predicted octanol–water partition coefficient (Wildman–Crippen LogP) is -0.775. The number of aliphatic carboxylic acids is 1. The van der Waals surface area contributed by atoms with Crippen LogP contribution in [0.1, 0.15) is 6.92 Å². The maximum Gasteiger partial charge on any atom is 0.321 e. The van der Waals surface area contributed by atoms with E-state index in [1.807, 2.05) is 0 Å². The number of carbonyl (C=O) groups is 2. The largest absolute Gasteiger partial charge is 0.480 e.